The van der Waals surface area contributed by atoms with Crippen LogP contribution >= 0.6 is 15.9 Å². The molecule has 14 heavy (non-hydrogen) atoms. The molecule has 0 aromatic heterocycles. The van der Waals surface area contributed by atoms with Gasteiger partial charge in [-0.25, -0.2) is 0 Å². The van der Waals surface area contributed by atoms with E-state index in [9.17, 15) is 0 Å². The van der Waals surface area contributed by atoms with Gasteiger partial charge in [-0.1, -0.05) is 52.1 Å². The number of benzene rings is 1. The molecule has 1 aliphatic carbocycles. The Bertz CT molecular complexity index is 376. The molecule has 0 saturated heterocycles. The molecule has 2 radical (unpaired) electrons. The van der Waals surface area contributed by atoms with Gasteiger partial charge in [0.05, 0.1) is 7.85 Å². The van der Waals surface area contributed by atoms with Gasteiger partial charge in [-0.05, 0) is 29.7 Å². The molecule has 1 unspecified atom stereocenters. The molecule has 0 fully saturated rings. The van der Waals surface area contributed by atoms with Gasteiger partial charge in [-0.2, -0.15) is 0 Å². The summed E-state index contributed by atoms with van der Waals surface area (Å²) in [5, 5.41) is 0. The number of hydrogen-bond acceptors (Lipinski definition) is 0. The molecule has 0 heterocycles. The van der Waals surface area contributed by atoms with Gasteiger partial charge in [0.1, 0.15) is 0 Å². The van der Waals surface area contributed by atoms with Crippen molar-refractivity contribution in [3.63, 3.8) is 0 Å². The largest absolute Gasteiger partial charge is 0.0892 e. The second kappa shape index (κ2) is 4.18. The van der Waals surface area contributed by atoms with E-state index in [2.05, 4.69) is 58.4 Å². The average molecular weight is 245 g/mol. The molecule has 68 valence electrons. The highest BCUT2D eigenvalue weighted by Crippen LogP contribution is 2.26. The highest BCUT2D eigenvalue weighted by Gasteiger charge is 2.04. The van der Waals surface area contributed by atoms with Crippen LogP contribution < -0.4 is 0 Å². The normalized spacial score (nSPS) is 20.6. The molecule has 1 atom stereocenters. The van der Waals surface area contributed by atoms with Crippen LogP contribution in [-0.2, 0) is 0 Å². The van der Waals surface area contributed by atoms with Crippen molar-refractivity contribution in [1.29, 1.82) is 0 Å². The monoisotopic (exact) mass is 244 g/mol. The third-order valence-electron chi connectivity index (χ3n) is 2.31. The molecular weight excluding hydrogens is 235 g/mol. The van der Waals surface area contributed by atoms with Crippen LogP contribution in [0.3, 0.4) is 0 Å². The van der Waals surface area contributed by atoms with E-state index in [4.69, 9.17) is 7.85 Å². The lowest BCUT2D eigenvalue weighted by atomic mass is 9.80. The highest BCUT2D eigenvalue weighted by atomic mass is 79.9. The Hall–Kier alpha value is -0.755. The maximum Gasteiger partial charge on any atom is 0.0759 e. The van der Waals surface area contributed by atoms with Crippen molar-refractivity contribution in [1.82, 2.24) is 0 Å². The summed E-state index contributed by atoms with van der Waals surface area (Å²) < 4.78 is 1.11. The zero-order valence-electron chi connectivity index (χ0n) is 7.78. The van der Waals surface area contributed by atoms with Crippen LogP contribution in [-0.4, -0.2) is 7.85 Å². The number of hydrogen-bond donors (Lipinski definition) is 0. The van der Waals surface area contributed by atoms with Gasteiger partial charge in [-0.15, -0.1) is 0 Å². The van der Waals surface area contributed by atoms with Gasteiger partial charge in [-0.3, -0.25) is 0 Å². The van der Waals surface area contributed by atoms with Crippen LogP contribution in [0.15, 0.2) is 47.0 Å². The van der Waals surface area contributed by atoms with Crippen molar-refractivity contribution in [2.45, 2.75) is 12.2 Å². The van der Waals surface area contributed by atoms with E-state index in [1.165, 1.54) is 11.1 Å². The predicted octanol–water partition coefficient (Wildman–Crippen LogP) is 3.75. The van der Waals surface area contributed by atoms with Gasteiger partial charge in [0.15, 0.2) is 0 Å². The lowest BCUT2D eigenvalue weighted by Crippen LogP contribution is -1.92. The topological polar surface area (TPSA) is 0 Å². The fourth-order valence-corrected chi connectivity index (χ4v) is 1.76. The molecule has 1 aromatic rings. The van der Waals surface area contributed by atoms with Gasteiger partial charge < -0.3 is 0 Å². The quantitative estimate of drug-likeness (QED) is 0.661. The van der Waals surface area contributed by atoms with Crippen molar-refractivity contribution in [2.24, 2.45) is 0 Å². The molecule has 0 aliphatic heterocycles. The van der Waals surface area contributed by atoms with E-state index >= 15 is 0 Å². The van der Waals surface area contributed by atoms with Crippen molar-refractivity contribution in [3.05, 3.63) is 52.5 Å². The van der Waals surface area contributed by atoms with Crippen molar-refractivity contribution in [2.75, 3.05) is 0 Å². The molecule has 1 aliphatic rings. The standard InChI is InChI=1S/C12H10BBr/c13-11-5-1-9(2-6-11)10-3-7-12(14)8-4-10/h1-5,7-8,11H,6H2. The summed E-state index contributed by atoms with van der Waals surface area (Å²) in [6.07, 6.45) is 7.27. The highest BCUT2D eigenvalue weighted by molar-refractivity contribution is 9.10. The zero-order valence-corrected chi connectivity index (χ0v) is 9.37. The molecule has 0 saturated carbocycles. The van der Waals surface area contributed by atoms with Crippen molar-refractivity contribution < 1.29 is 0 Å². The number of allylic oxidation sites excluding steroid dienone is 4. The lowest BCUT2D eigenvalue weighted by molar-refractivity contribution is 1.03. The first-order chi connectivity index (χ1) is 6.75. The van der Waals surface area contributed by atoms with Crippen LogP contribution in [0.1, 0.15) is 12.0 Å². The third-order valence-corrected chi connectivity index (χ3v) is 2.84. The Morgan fingerprint density at radius 3 is 2.50 bits per heavy atom. The molecular formula is C12H10BBr. The van der Waals surface area contributed by atoms with Crippen LogP contribution in [0, 0.1) is 0 Å². The average Bonchev–Trinajstić information content (AvgIpc) is 2.21. The Balaban J connectivity index is 2.24. The minimum Gasteiger partial charge on any atom is -0.0892 e. The third kappa shape index (κ3) is 2.18. The summed E-state index contributed by atoms with van der Waals surface area (Å²) in [6.45, 7) is 0. The predicted molar refractivity (Wildman–Crippen MR) is 65.4 cm³/mol. The molecule has 0 nitrogen and oxygen atoms in total. The fourth-order valence-electron chi connectivity index (χ4n) is 1.49. The summed E-state index contributed by atoms with van der Waals surface area (Å²) in [6, 6.07) is 8.32. The second-order valence-corrected chi connectivity index (χ2v) is 4.34. The minimum absolute atomic E-state index is 0.189. The van der Waals surface area contributed by atoms with Gasteiger partial charge in [0.25, 0.3) is 0 Å². The first-order valence-electron chi connectivity index (χ1n) is 4.65. The first-order valence-corrected chi connectivity index (χ1v) is 5.45. The minimum atomic E-state index is 0.189. The summed E-state index contributed by atoms with van der Waals surface area (Å²) >= 11 is 3.42. The maximum atomic E-state index is 5.76. The van der Waals surface area contributed by atoms with Crippen LogP contribution in [0.5, 0.6) is 0 Å². The molecule has 0 spiro atoms. The van der Waals surface area contributed by atoms with E-state index in [1.807, 2.05) is 0 Å². The zero-order chi connectivity index (χ0) is 9.97. The summed E-state index contributed by atoms with van der Waals surface area (Å²) in [7, 11) is 5.76. The molecule has 0 N–H and O–H groups in total. The van der Waals surface area contributed by atoms with E-state index in [0.29, 0.717) is 0 Å². The van der Waals surface area contributed by atoms with E-state index < -0.39 is 0 Å². The summed E-state index contributed by atoms with van der Waals surface area (Å²) in [4.78, 5) is 0. The summed E-state index contributed by atoms with van der Waals surface area (Å²) in [5.41, 5.74) is 2.51. The Morgan fingerprint density at radius 2 is 1.93 bits per heavy atom. The van der Waals surface area contributed by atoms with E-state index in [0.717, 1.165) is 10.9 Å². The first kappa shape index (κ1) is 9.79. The van der Waals surface area contributed by atoms with Gasteiger partial charge >= 0.3 is 0 Å². The Labute approximate surface area is 94.3 Å². The van der Waals surface area contributed by atoms with Crippen LogP contribution in [0.2, 0.25) is 5.82 Å². The number of halogens is 1. The maximum absolute atomic E-state index is 5.76. The fraction of sp³-hybridized carbons (Fsp3) is 0.167. The molecule has 0 bridgehead atoms. The van der Waals surface area contributed by atoms with E-state index in [-0.39, 0.29) is 5.82 Å². The van der Waals surface area contributed by atoms with Gasteiger partial charge in [0.2, 0.25) is 0 Å². The Morgan fingerprint density at radius 1 is 1.21 bits per heavy atom. The lowest BCUT2D eigenvalue weighted by Gasteiger charge is -2.12. The van der Waals surface area contributed by atoms with Crippen LogP contribution in [0.4, 0.5) is 0 Å². The van der Waals surface area contributed by atoms with E-state index in [1.54, 1.807) is 0 Å². The molecule has 2 rings (SSSR count). The van der Waals surface area contributed by atoms with Crippen molar-refractivity contribution >= 4 is 29.3 Å². The second-order valence-electron chi connectivity index (χ2n) is 3.43. The van der Waals surface area contributed by atoms with Crippen LogP contribution in [0.25, 0.3) is 5.57 Å². The summed E-state index contributed by atoms with van der Waals surface area (Å²) in [5.74, 6) is 0.189. The SMILES string of the molecule is [B]C1C=CC(c2ccc(Br)cc2)=CC1. The van der Waals surface area contributed by atoms with Crippen molar-refractivity contribution in [3.8, 4) is 0 Å². The van der Waals surface area contributed by atoms with Gasteiger partial charge in [0, 0.05) is 4.47 Å². The molecule has 0 amide bonds. The molecule has 2 heteroatoms. The smallest absolute Gasteiger partial charge is 0.0759 e. The Kier molecular flexibility index (Phi) is 2.92. The molecule has 1 aromatic carbocycles. The number of rotatable bonds is 1.